The highest BCUT2D eigenvalue weighted by Crippen LogP contribution is 2.29. The molecule has 2 aromatic carbocycles. The molecule has 1 amide bonds. The lowest BCUT2D eigenvalue weighted by atomic mass is 10.2. The molecular formula is C19H21N3O6S. The van der Waals surface area contributed by atoms with Crippen molar-refractivity contribution in [1.82, 2.24) is 9.13 Å². The minimum Gasteiger partial charge on any atom is -0.497 e. The van der Waals surface area contributed by atoms with Gasteiger partial charge in [0.05, 0.1) is 35.8 Å². The van der Waals surface area contributed by atoms with Crippen molar-refractivity contribution in [1.29, 1.82) is 0 Å². The average Bonchev–Trinajstić information content (AvgIpc) is 2.91. The summed E-state index contributed by atoms with van der Waals surface area (Å²) in [6.45, 7) is 0. The second kappa shape index (κ2) is 7.63. The fourth-order valence-electron chi connectivity index (χ4n) is 3.03. The van der Waals surface area contributed by atoms with Crippen molar-refractivity contribution >= 4 is 32.5 Å². The summed E-state index contributed by atoms with van der Waals surface area (Å²) in [5.74, 6) is -0.630. The van der Waals surface area contributed by atoms with Crippen molar-refractivity contribution in [2.75, 3.05) is 25.3 Å². The molecular weight excluding hydrogens is 398 g/mol. The van der Waals surface area contributed by atoms with Crippen molar-refractivity contribution in [3.05, 3.63) is 46.9 Å². The van der Waals surface area contributed by atoms with Gasteiger partial charge in [0.1, 0.15) is 17.3 Å². The van der Waals surface area contributed by atoms with Crippen LogP contribution in [0.1, 0.15) is 0 Å². The highest BCUT2D eigenvalue weighted by atomic mass is 32.2. The SMILES string of the molecule is COc1ccc(OC)c(NC(=O)CS(=O)(=O)c2ccc3c(c2)n(C)c(=O)n3C)c1. The number of aryl methyl sites for hydroxylation is 2. The molecule has 0 atom stereocenters. The van der Waals surface area contributed by atoms with E-state index >= 15 is 0 Å². The number of carbonyl (C=O) groups is 1. The zero-order chi connectivity index (χ0) is 21.3. The molecule has 0 bridgehead atoms. The first-order chi connectivity index (χ1) is 13.7. The number of carbonyl (C=O) groups excluding carboxylic acids is 1. The number of anilines is 1. The molecule has 0 fully saturated rings. The first-order valence-electron chi connectivity index (χ1n) is 8.58. The number of amides is 1. The van der Waals surface area contributed by atoms with Crippen molar-refractivity contribution in [2.45, 2.75) is 4.90 Å². The van der Waals surface area contributed by atoms with Crippen LogP contribution < -0.4 is 20.5 Å². The van der Waals surface area contributed by atoms with E-state index in [2.05, 4.69) is 5.32 Å². The van der Waals surface area contributed by atoms with E-state index in [-0.39, 0.29) is 10.6 Å². The molecule has 0 saturated carbocycles. The van der Waals surface area contributed by atoms with Crippen LogP contribution in [0.5, 0.6) is 11.5 Å². The number of fused-ring (bicyclic) bond motifs is 1. The predicted octanol–water partition coefficient (Wildman–Crippen LogP) is 1.31. The Morgan fingerprint density at radius 2 is 1.69 bits per heavy atom. The van der Waals surface area contributed by atoms with E-state index in [1.165, 1.54) is 41.6 Å². The van der Waals surface area contributed by atoms with Gasteiger partial charge in [-0.1, -0.05) is 0 Å². The summed E-state index contributed by atoms with van der Waals surface area (Å²) in [5, 5.41) is 2.54. The van der Waals surface area contributed by atoms with E-state index < -0.39 is 21.5 Å². The number of methoxy groups -OCH3 is 2. The molecule has 0 aliphatic carbocycles. The van der Waals surface area contributed by atoms with Crippen LogP contribution in [0.25, 0.3) is 11.0 Å². The van der Waals surface area contributed by atoms with E-state index in [0.717, 1.165) is 0 Å². The van der Waals surface area contributed by atoms with Crippen molar-refractivity contribution < 1.29 is 22.7 Å². The van der Waals surface area contributed by atoms with Gasteiger partial charge in [-0.25, -0.2) is 13.2 Å². The number of sulfone groups is 1. The van der Waals surface area contributed by atoms with Crippen LogP contribution in [0.3, 0.4) is 0 Å². The molecule has 3 rings (SSSR count). The maximum atomic E-state index is 12.7. The van der Waals surface area contributed by atoms with Gasteiger partial charge in [-0.15, -0.1) is 0 Å². The van der Waals surface area contributed by atoms with Gasteiger partial charge in [0.25, 0.3) is 0 Å². The number of ether oxygens (including phenoxy) is 2. The summed E-state index contributed by atoms with van der Waals surface area (Å²) in [5.41, 5.74) is 1.10. The van der Waals surface area contributed by atoms with Crippen LogP contribution in [0.15, 0.2) is 46.1 Å². The van der Waals surface area contributed by atoms with E-state index in [0.29, 0.717) is 28.2 Å². The number of nitrogens with one attached hydrogen (secondary N) is 1. The number of rotatable bonds is 6. The number of hydrogen-bond donors (Lipinski definition) is 1. The summed E-state index contributed by atoms with van der Waals surface area (Å²) in [4.78, 5) is 24.4. The standard InChI is InChI=1S/C19H21N3O6S/c1-21-15-7-6-13(10-16(15)22(2)19(21)24)29(25,26)11-18(23)20-14-9-12(27-3)5-8-17(14)28-4/h5-10H,11H2,1-4H3,(H,20,23). The molecule has 0 unspecified atom stereocenters. The van der Waals surface area contributed by atoms with E-state index in [1.54, 1.807) is 32.3 Å². The molecule has 9 nitrogen and oxygen atoms in total. The van der Waals surface area contributed by atoms with Crippen LogP contribution in [0, 0.1) is 0 Å². The number of hydrogen-bond acceptors (Lipinski definition) is 6. The Hall–Kier alpha value is -3.27. The molecule has 0 saturated heterocycles. The lowest BCUT2D eigenvalue weighted by Crippen LogP contribution is -2.23. The minimum atomic E-state index is -3.94. The topological polar surface area (TPSA) is 109 Å². The number of imidazole rings is 1. The van der Waals surface area contributed by atoms with Gasteiger partial charge in [0.15, 0.2) is 9.84 Å². The second-order valence-corrected chi connectivity index (χ2v) is 8.41. The quantitative estimate of drug-likeness (QED) is 0.645. The number of aromatic nitrogens is 2. The second-order valence-electron chi connectivity index (χ2n) is 6.42. The fraction of sp³-hybridized carbons (Fsp3) is 0.263. The van der Waals surface area contributed by atoms with Crippen LogP contribution in [-0.4, -0.2) is 43.4 Å². The number of nitrogens with zero attached hydrogens (tertiary/aromatic N) is 2. The molecule has 10 heteroatoms. The Bertz CT molecular complexity index is 1260. The van der Waals surface area contributed by atoms with Crippen LogP contribution in [-0.2, 0) is 28.7 Å². The van der Waals surface area contributed by atoms with Gasteiger partial charge >= 0.3 is 5.69 Å². The zero-order valence-electron chi connectivity index (χ0n) is 16.4. The first kappa shape index (κ1) is 20.5. The van der Waals surface area contributed by atoms with Gasteiger partial charge in [-0.05, 0) is 30.3 Å². The summed E-state index contributed by atoms with van der Waals surface area (Å²) in [7, 11) is 2.14. The Labute approximate surface area is 167 Å². The average molecular weight is 419 g/mol. The maximum Gasteiger partial charge on any atom is 0.328 e. The third-order valence-corrected chi connectivity index (χ3v) is 6.22. The largest absolute Gasteiger partial charge is 0.497 e. The molecule has 29 heavy (non-hydrogen) atoms. The van der Waals surface area contributed by atoms with Gasteiger partial charge in [0, 0.05) is 20.2 Å². The van der Waals surface area contributed by atoms with Crippen molar-refractivity contribution in [3.63, 3.8) is 0 Å². The molecule has 0 aliphatic rings. The van der Waals surface area contributed by atoms with Crippen LogP contribution in [0.4, 0.5) is 5.69 Å². The van der Waals surface area contributed by atoms with Crippen molar-refractivity contribution in [3.8, 4) is 11.5 Å². The van der Waals surface area contributed by atoms with E-state index in [4.69, 9.17) is 9.47 Å². The highest BCUT2D eigenvalue weighted by molar-refractivity contribution is 7.92. The van der Waals surface area contributed by atoms with Crippen LogP contribution in [0.2, 0.25) is 0 Å². The molecule has 1 heterocycles. The van der Waals surface area contributed by atoms with Gasteiger partial charge < -0.3 is 14.8 Å². The zero-order valence-corrected chi connectivity index (χ0v) is 17.2. The molecule has 0 aliphatic heterocycles. The smallest absolute Gasteiger partial charge is 0.328 e. The summed E-state index contributed by atoms with van der Waals surface area (Å²) in [6, 6.07) is 9.13. The summed E-state index contributed by atoms with van der Waals surface area (Å²) < 4.78 is 38.6. The minimum absolute atomic E-state index is 0.0426. The summed E-state index contributed by atoms with van der Waals surface area (Å²) in [6.07, 6.45) is 0. The Kier molecular flexibility index (Phi) is 5.38. The lowest BCUT2D eigenvalue weighted by Gasteiger charge is -2.12. The molecule has 1 aromatic heterocycles. The highest BCUT2D eigenvalue weighted by Gasteiger charge is 2.22. The predicted molar refractivity (Wildman–Crippen MR) is 108 cm³/mol. The summed E-state index contributed by atoms with van der Waals surface area (Å²) >= 11 is 0. The first-order valence-corrected chi connectivity index (χ1v) is 10.2. The Morgan fingerprint density at radius 3 is 2.34 bits per heavy atom. The number of benzene rings is 2. The normalized spacial score (nSPS) is 11.4. The Morgan fingerprint density at radius 1 is 1.00 bits per heavy atom. The third-order valence-electron chi connectivity index (χ3n) is 4.60. The fourth-order valence-corrected chi connectivity index (χ4v) is 4.18. The molecule has 0 radical (unpaired) electrons. The monoisotopic (exact) mass is 419 g/mol. The molecule has 0 spiro atoms. The third kappa shape index (κ3) is 3.83. The van der Waals surface area contributed by atoms with E-state index in [1.807, 2.05) is 0 Å². The van der Waals surface area contributed by atoms with Gasteiger partial charge in [-0.3, -0.25) is 13.9 Å². The van der Waals surface area contributed by atoms with E-state index in [9.17, 15) is 18.0 Å². The molecule has 1 N–H and O–H groups in total. The maximum absolute atomic E-state index is 12.7. The van der Waals surface area contributed by atoms with Crippen LogP contribution >= 0.6 is 0 Å². The molecule has 3 aromatic rings. The van der Waals surface area contributed by atoms with Gasteiger partial charge in [0.2, 0.25) is 5.91 Å². The van der Waals surface area contributed by atoms with Gasteiger partial charge in [-0.2, -0.15) is 0 Å². The molecule has 154 valence electrons. The lowest BCUT2D eigenvalue weighted by molar-refractivity contribution is -0.113. The Balaban J connectivity index is 1.88. The van der Waals surface area contributed by atoms with Crippen molar-refractivity contribution in [2.24, 2.45) is 14.1 Å².